The molecule has 1 aliphatic carbocycles. The minimum Gasteiger partial charge on any atom is -0.349 e. The monoisotopic (exact) mass is 273 g/mol. The predicted molar refractivity (Wildman–Crippen MR) is 79.5 cm³/mol. The fourth-order valence-corrected chi connectivity index (χ4v) is 2.88. The van der Waals surface area contributed by atoms with Crippen molar-refractivity contribution in [2.45, 2.75) is 39.0 Å². The Morgan fingerprint density at radius 3 is 2.25 bits per heavy atom. The maximum absolute atomic E-state index is 11.9. The summed E-state index contributed by atoms with van der Waals surface area (Å²) in [6, 6.07) is 8.72. The van der Waals surface area contributed by atoms with Gasteiger partial charge in [0, 0.05) is 12.1 Å². The number of amides is 1. The lowest BCUT2D eigenvalue weighted by Gasteiger charge is -2.27. The molecular formula is C17H23NO2. The Balaban J connectivity index is 1.77. The molecule has 1 fully saturated rings. The Labute approximate surface area is 120 Å². The first-order valence-corrected chi connectivity index (χ1v) is 7.58. The highest BCUT2D eigenvalue weighted by molar-refractivity contribution is 6.42. The summed E-state index contributed by atoms with van der Waals surface area (Å²) in [6.45, 7) is 2.87. The summed E-state index contributed by atoms with van der Waals surface area (Å²) in [5.74, 6) is 0.472. The molecule has 1 aliphatic rings. The number of carbonyl (C=O) groups is 2. The van der Waals surface area contributed by atoms with E-state index in [2.05, 4.69) is 12.2 Å². The van der Waals surface area contributed by atoms with Crippen molar-refractivity contribution in [2.75, 3.05) is 6.54 Å². The van der Waals surface area contributed by atoms with Crippen molar-refractivity contribution in [3.8, 4) is 0 Å². The lowest BCUT2D eigenvalue weighted by molar-refractivity contribution is -0.117. The van der Waals surface area contributed by atoms with Crippen LogP contribution in [0.5, 0.6) is 0 Å². The van der Waals surface area contributed by atoms with Crippen LogP contribution in [-0.2, 0) is 4.79 Å². The quantitative estimate of drug-likeness (QED) is 0.661. The van der Waals surface area contributed by atoms with Gasteiger partial charge in [-0.15, -0.1) is 0 Å². The Hall–Kier alpha value is -1.64. The van der Waals surface area contributed by atoms with Gasteiger partial charge < -0.3 is 5.32 Å². The van der Waals surface area contributed by atoms with Crippen molar-refractivity contribution < 1.29 is 9.59 Å². The zero-order valence-electron chi connectivity index (χ0n) is 12.1. The molecule has 1 saturated carbocycles. The third-order valence-electron chi connectivity index (χ3n) is 4.34. The molecule has 3 nitrogen and oxygen atoms in total. The van der Waals surface area contributed by atoms with Gasteiger partial charge in [0.2, 0.25) is 5.78 Å². The summed E-state index contributed by atoms with van der Waals surface area (Å²) in [5, 5.41) is 2.79. The number of ketones is 1. The van der Waals surface area contributed by atoms with Crippen LogP contribution in [0.2, 0.25) is 0 Å². The van der Waals surface area contributed by atoms with Gasteiger partial charge in [0.25, 0.3) is 5.91 Å². The van der Waals surface area contributed by atoms with Crippen LogP contribution in [0.3, 0.4) is 0 Å². The average Bonchev–Trinajstić information content (AvgIpc) is 2.53. The summed E-state index contributed by atoms with van der Waals surface area (Å²) in [5.41, 5.74) is 0.458. The van der Waals surface area contributed by atoms with Gasteiger partial charge in [-0.2, -0.15) is 0 Å². The van der Waals surface area contributed by atoms with Crippen LogP contribution in [0, 0.1) is 11.8 Å². The van der Waals surface area contributed by atoms with Crippen LogP contribution in [0.1, 0.15) is 49.4 Å². The normalized spacial score (nSPS) is 22.2. The summed E-state index contributed by atoms with van der Waals surface area (Å²) in [7, 11) is 0. The fourth-order valence-electron chi connectivity index (χ4n) is 2.88. The van der Waals surface area contributed by atoms with Gasteiger partial charge in [-0.3, -0.25) is 9.59 Å². The average molecular weight is 273 g/mol. The first-order valence-electron chi connectivity index (χ1n) is 7.58. The van der Waals surface area contributed by atoms with Crippen molar-refractivity contribution in [2.24, 2.45) is 11.8 Å². The first kappa shape index (κ1) is 14.8. The third-order valence-corrected chi connectivity index (χ3v) is 4.34. The molecule has 0 heterocycles. The van der Waals surface area contributed by atoms with Gasteiger partial charge in [0.15, 0.2) is 0 Å². The molecule has 0 spiro atoms. The lowest BCUT2D eigenvalue weighted by Crippen LogP contribution is -2.35. The van der Waals surface area contributed by atoms with Crippen molar-refractivity contribution in [1.29, 1.82) is 0 Å². The highest BCUT2D eigenvalue weighted by atomic mass is 16.2. The van der Waals surface area contributed by atoms with E-state index in [1.54, 1.807) is 24.3 Å². The van der Waals surface area contributed by atoms with E-state index in [1.807, 2.05) is 6.07 Å². The second-order valence-corrected chi connectivity index (χ2v) is 5.70. The van der Waals surface area contributed by atoms with Gasteiger partial charge in [0.1, 0.15) is 0 Å². The van der Waals surface area contributed by atoms with Gasteiger partial charge in [-0.25, -0.2) is 0 Å². The molecule has 1 aromatic rings. The number of rotatable bonds is 5. The molecule has 0 unspecified atom stereocenters. The summed E-state index contributed by atoms with van der Waals surface area (Å²) in [6.07, 6.45) is 6.09. The highest BCUT2D eigenvalue weighted by Crippen LogP contribution is 2.30. The van der Waals surface area contributed by atoms with Crippen molar-refractivity contribution in [3.05, 3.63) is 35.9 Å². The van der Waals surface area contributed by atoms with Gasteiger partial charge in [-0.05, 0) is 24.7 Å². The first-order chi connectivity index (χ1) is 9.70. The highest BCUT2D eigenvalue weighted by Gasteiger charge is 2.22. The van der Waals surface area contributed by atoms with Crippen molar-refractivity contribution in [3.63, 3.8) is 0 Å². The van der Waals surface area contributed by atoms with Crippen LogP contribution in [0.25, 0.3) is 0 Å². The van der Waals surface area contributed by atoms with E-state index < -0.39 is 11.7 Å². The molecule has 20 heavy (non-hydrogen) atoms. The summed E-state index contributed by atoms with van der Waals surface area (Å²) < 4.78 is 0. The molecule has 1 N–H and O–H groups in total. The van der Waals surface area contributed by atoms with E-state index in [0.717, 1.165) is 18.8 Å². The molecule has 0 atom stereocenters. The molecular weight excluding hydrogens is 250 g/mol. The Kier molecular flexibility index (Phi) is 5.33. The molecule has 108 valence electrons. The van der Waals surface area contributed by atoms with Gasteiger partial charge in [0.05, 0.1) is 0 Å². The zero-order chi connectivity index (χ0) is 14.4. The number of hydrogen-bond acceptors (Lipinski definition) is 2. The van der Waals surface area contributed by atoms with Crippen LogP contribution in [0.4, 0.5) is 0 Å². The second kappa shape index (κ2) is 7.22. The minimum absolute atomic E-state index is 0.437. The maximum atomic E-state index is 11.9. The molecule has 0 aliphatic heterocycles. The molecule has 0 aromatic heterocycles. The Bertz CT molecular complexity index is 447. The number of benzene rings is 1. The molecule has 1 aromatic carbocycles. The molecule has 1 amide bonds. The number of carbonyl (C=O) groups excluding carboxylic acids is 2. The predicted octanol–water partition coefficient (Wildman–Crippen LogP) is 3.20. The third kappa shape index (κ3) is 3.92. The topological polar surface area (TPSA) is 46.2 Å². The fraction of sp³-hybridized carbons (Fsp3) is 0.529. The van der Waals surface area contributed by atoms with Crippen molar-refractivity contribution >= 4 is 11.7 Å². The molecule has 0 saturated heterocycles. The van der Waals surface area contributed by atoms with E-state index in [4.69, 9.17) is 0 Å². The number of hydrogen-bond donors (Lipinski definition) is 1. The van der Waals surface area contributed by atoms with Crippen LogP contribution >= 0.6 is 0 Å². The Morgan fingerprint density at radius 1 is 1.05 bits per heavy atom. The molecule has 0 radical (unpaired) electrons. The Morgan fingerprint density at radius 2 is 1.65 bits per heavy atom. The number of Topliss-reactive ketones (excluding diaryl/α,β-unsaturated/α-hetero) is 1. The molecule has 0 bridgehead atoms. The second-order valence-electron chi connectivity index (χ2n) is 5.70. The van der Waals surface area contributed by atoms with Crippen LogP contribution in [0.15, 0.2) is 30.3 Å². The zero-order valence-corrected chi connectivity index (χ0v) is 12.1. The maximum Gasteiger partial charge on any atom is 0.292 e. The standard InChI is InChI=1S/C17H23NO2/c1-2-13-8-10-14(11-9-13)12-18-17(20)16(19)15-6-4-3-5-7-15/h3-7,13-14H,2,8-12H2,1H3,(H,18,20). The minimum atomic E-state index is -0.478. The van der Waals surface area contributed by atoms with Gasteiger partial charge >= 0.3 is 0 Å². The van der Waals surface area contributed by atoms with Crippen molar-refractivity contribution in [1.82, 2.24) is 5.32 Å². The smallest absolute Gasteiger partial charge is 0.292 e. The lowest BCUT2D eigenvalue weighted by atomic mass is 9.81. The van der Waals surface area contributed by atoms with E-state index in [1.165, 1.54) is 19.3 Å². The summed E-state index contributed by atoms with van der Waals surface area (Å²) in [4.78, 5) is 23.7. The van der Waals surface area contributed by atoms with Crippen LogP contribution in [-0.4, -0.2) is 18.2 Å². The molecule has 2 rings (SSSR count). The van der Waals surface area contributed by atoms with E-state index in [9.17, 15) is 9.59 Å². The van der Waals surface area contributed by atoms with E-state index >= 15 is 0 Å². The van der Waals surface area contributed by atoms with E-state index in [0.29, 0.717) is 18.0 Å². The summed E-state index contributed by atoms with van der Waals surface area (Å²) >= 11 is 0. The van der Waals surface area contributed by atoms with E-state index in [-0.39, 0.29) is 0 Å². The largest absolute Gasteiger partial charge is 0.349 e. The molecule has 3 heteroatoms. The SMILES string of the molecule is CCC1CCC(CNC(=O)C(=O)c2ccccc2)CC1. The number of nitrogens with one attached hydrogen (secondary N) is 1. The van der Waals surface area contributed by atoms with Gasteiger partial charge in [-0.1, -0.05) is 56.5 Å². The van der Waals surface area contributed by atoms with Crippen LogP contribution < -0.4 is 5.32 Å².